The quantitative estimate of drug-likeness (QED) is 0.834. The van der Waals surface area contributed by atoms with Gasteiger partial charge in [0.2, 0.25) is 0 Å². The minimum atomic E-state index is 0.747. The largest absolute Gasteiger partial charge is 0.321 e. The maximum atomic E-state index is 4.88. The zero-order chi connectivity index (χ0) is 14.7. The van der Waals surface area contributed by atoms with Gasteiger partial charge in [-0.1, -0.05) is 42.9 Å². The van der Waals surface area contributed by atoms with E-state index in [1.165, 1.54) is 29.1 Å². The van der Waals surface area contributed by atoms with Gasteiger partial charge in [-0.25, -0.2) is 4.98 Å². The summed E-state index contributed by atoms with van der Waals surface area (Å²) in [5, 5.41) is 4.71. The molecule has 1 aliphatic carbocycles. The molecule has 1 aliphatic rings. The first-order valence-electron chi connectivity index (χ1n) is 7.78. The van der Waals surface area contributed by atoms with Crippen LogP contribution < -0.4 is 10.2 Å². The van der Waals surface area contributed by atoms with Crippen LogP contribution in [0.3, 0.4) is 0 Å². The summed E-state index contributed by atoms with van der Waals surface area (Å²) in [7, 11) is 2.10. The van der Waals surface area contributed by atoms with Gasteiger partial charge >= 0.3 is 0 Å². The van der Waals surface area contributed by atoms with Gasteiger partial charge in [-0.15, -0.1) is 0 Å². The molecule has 112 valence electrons. The van der Waals surface area contributed by atoms with Crippen molar-refractivity contribution in [2.45, 2.75) is 45.2 Å². The second-order valence-corrected chi connectivity index (χ2v) is 6.73. The number of nitrogens with zero attached hydrogens (tertiary/aromatic N) is 2. The molecule has 0 saturated heterocycles. The van der Waals surface area contributed by atoms with Crippen LogP contribution in [-0.4, -0.2) is 18.1 Å². The number of thiazole rings is 1. The first-order chi connectivity index (χ1) is 10.3. The number of aromatic nitrogens is 1. The number of nitrogens with one attached hydrogen (secondary N) is 1. The van der Waals surface area contributed by atoms with Crippen molar-refractivity contribution in [3.05, 3.63) is 40.9 Å². The molecule has 3 rings (SSSR count). The predicted molar refractivity (Wildman–Crippen MR) is 90.5 cm³/mol. The van der Waals surface area contributed by atoms with Crippen molar-refractivity contribution < 1.29 is 0 Å². The average Bonchev–Trinajstić information content (AvgIpc) is 3.27. The highest BCUT2D eigenvalue weighted by atomic mass is 32.1. The zero-order valence-corrected chi connectivity index (χ0v) is 13.6. The van der Waals surface area contributed by atoms with Gasteiger partial charge in [0.1, 0.15) is 0 Å². The third-order valence-corrected chi connectivity index (χ3v) is 4.99. The minimum Gasteiger partial charge on any atom is -0.321 e. The molecule has 1 saturated carbocycles. The molecular weight excluding hydrogens is 278 g/mol. The first-order valence-corrected chi connectivity index (χ1v) is 8.60. The van der Waals surface area contributed by atoms with Crippen LogP contribution in [0.2, 0.25) is 0 Å². The number of rotatable bonds is 7. The molecule has 0 amide bonds. The molecule has 0 atom stereocenters. The molecule has 0 unspecified atom stereocenters. The maximum Gasteiger partial charge on any atom is 0.190 e. The van der Waals surface area contributed by atoms with E-state index in [9.17, 15) is 0 Å². The van der Waals surface area contributed by atoms with E-state index in [4.69, 9.17) is 4.98 Å². The zero-order valence-electron chi connectivity index (χ0n) is 12.8. The summed E-state index contributed by atoms with van der Waals surface area (Å²) in [5.74, 6) is 0. The molecule has 21 heavy (non-hydrogen) atoms. The van der Waals surface area contributed by atoms with Crippen molar-refractivity contribution in [1.29, 1.82) is 0 Å². The van der Waals surface area contributed by atoms with E-state index in [-0.39, 0.29) is 0 Å². The van der Waals surface area contributed by atoms with Crippen LogP contribution in [0.1, 0.15) is 36.8 Å². The summed E-state index contributed by atoms with van der Waals surface area (Å²) >= 11 is 1.82. The number of hydrogen-bond acceptors (Lipinski definition) is 4. The third kappa shape index (κ3) is 3.63. The van der Waals surface area contributed by atoms with E-state index in [0.29, 0.717) is 0 Å². The number of hydrogen-bond donors (Lipinski definition) is 1. The molecule has 1 N–H and O–H groups in total. The average molecular weight is 301 g/mol. The van der Waals surface area contributed by atoms with E-state index in [1.807, 2.05) is 17.4 Å². The normalized spacial score (nSPS) is 14.4. The number of anilines is 2. The van der Waals surface area contributed by atoms with E-state index in [2.05, 4.69) is 48.5 Å². The Hall–Kier alpha value is -1.39. The van der Waals surface area contributed by atoms with E-state index in [0.717, 1.165) is 30.6 Å². The Labute approximate surface area is 131 Å². The molecule has 0 radical (unpaired) electrons. The van der Waals surface area contributed by atoms with Crippen LogP contribution in [0.5, 0.6) is 0 Å². The number of para-hydroxylation sites is 1. The van der Waals surface area contributed by atoms with Crippen LogP contribution in [0.25, 0.3) is 0 Å². The Morgan fingerprint density at radius 2 is 2.05 bits per heavy atom. The van der Waals surface area contributed by atoms with Gasteiger partial charge < -0.3 is 10.2 Å². The summed E-state index contributed by atoms with van der Waals surface area (Å²) in [4.78, 5) is 8.47. The Balaban J connectivity index is 1.79. The van der Waals surface area contributed by atoms with E-state index in [1.54, 1.807) is 0 Å². The highest BCUT2D eigenvalue weighted by molar-refractivity contribution is 7.15. The lowest BCUT2D eigenvalue weighted by molar-refractivity contribution is 0.686. The monoisotopic (exact) mass is 301 g/mol. The fourth-order valence-corrected chi connectivity index (χ4v) is 3.41. The van der Waals surface area contributed by atoms with Gasteiger partial charge in [0.25, 0.3) is 0 Å². The Morgan fingerprint density at radius 3 is 2.71 bits per heavy atom. The molecule has 0 spiro atoms. The second kappa shape index (κ2) is 6.58. The van der Waals surface area contributed by atoms with E-state index < -0.39 is 0 Å². The fourth-order valence-electron chi connectivity index (χ4n) is 2.37. The van der Waals surface area contributed by atoms with Crippen molar-refractivity contribution in [1.82, 2.24) is 10.3 Å². The molecule has 0 bridgehead atoms. The third-order valence-electron chi connectivity index (χ3n) is 3.81. The van der Waals surface area contributed by atoms with Gasteiger partial charge in [0.05, 0.1) is 5.69 Å². The van der Waals surface area contributed by atoms with Crippen molar-refractivity contribution in [2.75, 3.05) is 11.9 Å². The van der Waals surface area contributed by atoms with Gasteiger partial charge in [-0.05, 0) is 31.4 Å². The Bertz CT molecular complexity index is 575. The lowest BCUT2D eigenvalue weighted by Gasteiger charge is -2.15. The molecule has 1 fully saturated rings. The van der Waals surface area contributed by atoms with Crippen LogP contribution >= 0.6 is 11.3 Å². The molecule has 3 nitrogen and oxygen atoms in total. The van der Waals surface area contributed by atoms with Crippen LogP contribution in [-0.2, 0) is 13.0 Å². The summed E-state index contributed by atoms with van der Waals surface area (Å²) in [6, 6.07) is 11.2. The van der Waals surface area contributed by atoms with Crippen LogP contribution in [0.15, 0.2) is 30.3 Å². The molecule has 4 heteroatoms. The van der Waals surface area contributed by atoms with Gasteiger partial charge in [0, 0.05) is 30.2 Å². The molecule has 0 aliphatic heterocycles. The smallest absolute Gasteiger partial charge is 0.190 e. The molecular formula is C17H23N3S. The van der Waals surface area contributed by atoms with Crippen molar-refractivity contribution in [3.63, 3.8) is 0 Å². The van der Waals surface area contributed by atoms with Crippen molar-refractivity contribution >= 4 is 22.2 Å². The summed E-state index contributed by atoms with van der Waals surface area (Å²) in [5.41, 5.74) is 2.46. The van der Waals surface area contributed by atoms with Crippen molar-refractivity contribution in [2.24, 2.45) is 0 Å². The Kier molecular flexibility index (Phi) is 4.56. The van der Waals surface area contributed by atoms with Gasteiger partial charge in [-0.3, -0.25) is 0 Å². The van der Waals surface area contributed by atoms with E-state index >= 15 is 0 Å². The molecule has 1 aromatic carbocycles. The summed E-state index contributed by atoms with van der Waals surface area (Å²) in [6.45, 7) is 3.19. The predicted octanol–water partition coefficient (Wildman–Crippen LogP) is 4.12. The number of aryl methyl sites for hydroxylation is 1. The lowest BCUT2D eigenvalue weighted by atomic mass is 10.2. The first kappa shape index (κ1) is 14.5. The summed E-state index contributed by atoms with van der Waals surface area (Å²) in [6.07, 6.45) is 4.88. The minimum absolute atomic E-state index is 0.747. The second-order valence-electron chi connectivity index (χ2n) is 5.67. The van der Waals surface area contributed by atoms with Crippen molar-refractivity contribution in [3.8, 4) is 0 Å². The maximum absolute atomic E-state index is 4.88. The highest BCUT2D eigenvalue weighted by Gasteiger charge is 2.22. The van der Waals surface area contributed by atoms with Gasteiger partial charge in [-0.2, -0.15) is 0 Å². The highest BCUT2D eigenvalue weighted by Crippen LogP contribution is 2.31. The lowest BCUT2D eigenvalue weighted by Crippen LogP contribution is -2.15. The molecule has 2 aromatic rings. The fraction of sp³-hybridized carbons (Fsp3) is 0.471. The van der Waals surface area contributed by atoms with Crippen LogP contribution in [0, 0.1) is 0 Å². The standard InChI is InChI=1S/C17H23N3S/c1-3-7-15-16(12-18-13-10-11-13)21-17(19-15)20(2)14-8-5-4-6-9-14/h4-6,8-9,13,18H,3,7,10-12H2,1-2H3. The molecule has 1 heterocycles. The SMILES string of the molecule is CCCc1nc(N(C)c2ccccc2)sc1CNC1CC1. The topological polar surface area (TPSA) is 28.2 Å². The Morgan fingerprint density at radius 1 is 1.29 bits per heavy atom. The van der Waals surface area contributed by atoms with Gasteiger partial charge in [0.15, 0.2) is 5.13 Å². The van der Waals surface area contributed by atoms with Crippen LogP contribution in [0.4, 0.5) is 10.8 Å². The molecule has 1 aromatic heterocycles. The summed E-state index contributed by atoms with van der Waals surface area (Å²) < 4.78 is 0. The number of benzene rings is 1.